The zero-order valence-corrected chi connectivity index (χ0v) is 37.4. The highest BCUT2D eigenvalue weighted by molar-refractivity contribution is 8.00. The van der Waals surface area contributed by atoms with E-state index in [2.05, 4.69) is 37.2 Å². The summed E-state index contributed by atoms with van der Waals surface area (Å²) >= 11 is 0.907. The first-order valence-electron chi connectivity index (χ1n) is 21.0. The van der Waals surface area contributed by atoms with Gasteiger partial charge < -0.3 is 64.0 Å². The molecule has 1 fully saturated rings. The Kier molecular flexibility index (Phi) is 22.7. The second-order valence-electron chi connectivity index (χ2n) is 16.2. The summed E-state index contributed by atoms with van der Waals surface area (Å²) in [5.41, 5.74) is 9.16. The van der Waals surface area contributed by atoms with Crippen LogP contribution in [0.25, 0.3) is 0 Å². The minimum atomic E-state index is -2.12. The predicted molar refractivity (Wildman–Crippen MR) is 233 cm³/mol. The Bertz CT molecular complexity index is 1900. The quantitative estimate of drug-likeness (QED) is 0.0942. The van der Waals surface area contributed by atoms with Crippen LogP contribution in [0.15, 0.2) is 24.3 Å². The van der Waals surface area contributed by atoms with Crippen LogP contribution in [-0.4, -0.2) is 134 Å². The van der Waals surface area contributed by atoms with E-state index in [-0.39, 0.29) is 81.1 Å². The monoisotopic (exact) mass is 935 g/mol. The third kappa shape index (κ3) is 20.7. The Morgan fingerprint density at radius 1 is 0.769 bits per heavy atom. The van der Waals surface area contributed by atoms with E-state index in [1.165, 1.54) is 31.2 Å². The molecule has 24 heteroatoms. The molecule has 0 spiro atoms. The van der Waals surface area contributed by atoms with Crippen LogP contribution in [0, 0.1) is 5.92 Å². The number of aromatic hydroxyl groups is 1. The lowest BCUT2D eigenvalue weighted by Crippen LogP contribution is -2.64. The maximum atomic E-state index is 14.3. The van der Waals surface area contributed by atoms with Gasteiger partial charge in [0, 0.05) is 38.0 Å². The predicted octanol–water partition coefficient (Wildman–Crippen LogP) is -2.21. The molecule has 65 heavy (non-hydrogen) atoms. The van der Waals surface area contributed by atoms with Gasteiger partial charge in [0.1, 0.15) is 41.5 Å². The van der Waals surface area contributed by atoms with Crippen LogP contribution in [0.2, 0.25) is 0 Å². The summed E-state index contributed by atoms with van der Waals surface area (Å²) in [6.45, 7) is 4.59. The number of carbonyl (C=O) groups is 11. The van der Waals surface area contributed by atoms with Gasteiger partial charge in [-0.25, -0.2) is 0 Å². The molecule has 6 atom stereocenters. The van der Waals surface area contributed by atoms with E-state index in [1.807, 2.05) is 0 Å². The van der Waals surface area contributed by atoms with Crippen LogP contribution in [0.4, 0.5) is 0 Å². The molecule has 2 rings (SSSR count). The number of rotatable bonds is 14. The molecule has 1 aromatic rings. The van der Waals surface area contributed by atoms with Crippen molar-refractivity contribution in [2.45, 2.75) is 127 Å². The maximum absolute atomic E-state index is 14.3. The number of nitrogens with one attached hydrogen (secondary N) is 7. The van der Waals surface area contributed by atoms with Crippen molar-refractivity contribution in [2.24, 2.45) is 17.4 Å². The first-order chi connectivity index (χ1) is 30.5. The van der Waals surface area contributed by atoms with E-state index in [9.17, 15) is 68.1 Å². The van der Waals surface area contributed by atoms with E-state index < -0.39 is 120 Å². The molecule has 1 aliphatic heterocycles. The lowest BCUT2D eigenvalue weighted by molar-refractivity contribution is -0.141. The van der Waals surface area contributed by atoms with Crippen molar-refractivity contribution in [1.29, 1.82) is 0 Å². The molecular weight excluding hydrogens is 875 g/mol. The molecule has 1 aromatic carbocycles. The molecule has 23 nitrogen and oxygen atoms in total. The third-order valence-corrected chi connectivity index (χ3v) is 11.0. The largest absolute Gasteiger partial charge is 0.508 e. The van der Waals surface area contributed by atoms with Gasteiger partial charge in [-0.15, -0.1) is 11.8 Å². The highest BCUT2D eigenvalue weighted by atomic mass is 32.2. The molecule has 0 aromatic heterocycles. The molecule has 0 unspecified atom stereocenters. The summed E-state index contributed by atoms with van der Waals surface area (Å²) in [4.78, 5) is 143. The van der Waals surface area contributed by atoms with Gasteiger partial charge in [-0.05, 0) is 69.1 Å². The van der Waals surface area contributed by atoms with Crippen molar-refractivity contribution in [2.75, 3.05) is 18.1 Å². The van der Waals surface area contributed by atoms with E-state index >= 15 is 0 Å². The van der Waals surface area contributed by atoms with E-state index in [1.54, 1.807) is 13.8 Å². The number of phenolic OH excluding ortho intramolecular Hbond substituents is 1. The lowest BCUT2D eigenvalue weighted by Gasteiger charge is -2.33. The number of hydrogen-bond donors (Lipinski definition) is 12. The SMILES string of the molecule is CC(C)C[C@@H]1NC(=O)[C@H](CCCC(=O)O)NC(=O)CSC[C@@H](C(N)=O)NC(=O)CCCCNC(=O)[C@H](CC(N)=O)NC(=O)[C@](C)(CCC(=O)O)NC(=O)[C@H](Cc2ccc(O)cc2)NC1=O. The molecule has 360 valence electrons. The van der Waals surface area contributed by atoms with Crippen LogP contribution in [0.3, 0.4) is 0 Å². The number of primary amides is 2. The minimum Gasteiger partial charge on any atom is -0.508 e. The Morgan fingerprint density at radius 3 is 2.00 bits per heavy atom. The maximum Gasteiger partial charge on any atom is 0.303 e. The number of amides is 9. The molecule has 1 aliphatic rings. The van der Waals surface area contributed by atoms with Crippen molar-refractivity contribution in [1.82, 2.24) is 37.2 Å². The van der Waals surface area contributed by atoms with E-state index in [4.69, 9.17) is 11.5 Å². The molecule has 1 heterocycles. The number of carboxylic acid groups (broad SMARTS) is 2. The molecule has 1 saturated heterocycles. The van der Waals surface area contributed by atoms with Crippen LogP contribution >= 0.6 is 11.8 Å². The zero-order valence-electron chi connectivity index (χ0n) is 36.6. The van der Waals surface area contributed by atoms with Crippen molar-refractivity contribution in [3.8, 4) is 5.75 Å². The van der Waals surface area contributed by atoms with Gasteiger partial charge in [0.25, 0.3) is 0 Å². The minimum absolute atomic E-state index is 0.0148. The molecule has 9 amide bonds. The number of hydrogen-bond acceptors (Lipinski definition) is 13. The summed E-state index contributed by atoms with van der Waals surface area (Å²) in [6, 6.07) is -1.54. The highest BCUT2D eigenvalue weighted by Crippen LogP contribution is 2.18. The van der Waals surface area contributed by atoms with Gasteiger partial charge in [0.2, 0.25) is 53.2 Å². The van der Waals surface area contributed by atoms with Gasteiger partial charge in [-0.1, -0.05) is 26.0 Å². The average molecular weight is 936 g/mol. The number of benzene rings is 1. The molecule has 0 radical (unpaired) electrons. The number of carbonyl (C=O) groups excluding carboxylic acids is 9. The fourth-order valence-electron chi connectivity index (χ4n) is 6.44. The Hall–Kier alpha value is -6.46. The van der Waals surface area contributed by atoms with Crippen molar-refractivity contribution >= 4 is 76.9 Å². The molecule has 14 N–H and O–H groups in total. The summed E-state index contributed by atoms with van der Waals surface area (Å²) in [6.07, 6.45) is -2.55. The van der Waals surface area contributed by atoms with Gasteiger partial charge in [-0.3, -0.25) is 52.7 Å². The molecule has 0 saturated carbocycles. The van der Waals surface area contributed by atoms with Crippen molar-refractivity contribution < 1.29 is 68.1 Å². The van der Waals surface area contributed by atoms with Crippen LogP contribution < -0.4 is 48.7 Å². The number of carboxylic acids is 2. The standard InChI is InChI=1S/C41H61N9O14S/c1-22(2)17-26-38(62)48-27(18-23-10-12-24(51)13-11-23)39(63)50-41(3,15-14-34(57)58)40(64)49-28(19-30(42)52)36(60)44-16-5-4-8-31(53)46-29(35(43)59)20-65-21-32(54)45-25(37(61)47-26)7-6-9-33(55)56/h10-13,22,25-29,51H,4-9,14-21H2,1-3H3,(H2,42,52)(H2,43,59)(H,44,60)(H,45,54)(H,46,53)(H,47,61)(H,48,62)(H,49,64)(H,50,63)(H,55,56)(H,57,58)/t25-,26-,27-,28-,29-,41-/m0/s1. The zero-order chi connectivity index (χ0) is 48.9. The molecule has 0 aliphatic carbocycles. The second kappa shape index (κ2) is 27.0. The number of nitrogens with two attached hydrogens (primary N) is 2. The van der Waals surface area contributed by atoms with Gasteiger partial charge in [-0.2, -0.15) is 0 Å². The summed E-state index contributed by atoms with van der Waals surface area (Å²) in [5.74, 6) is -11.3. The summed E-state index contributed by atoms with van der Waals surface area (Å²) < 4.78 is 0. The summed E-state index contributed by atoms with van der Waals surface area (Å²) in [5, 5.41) is 46.3. The first-order valence-corrected chi connectivity index (χ1v) is 22.1. The lowest BCUT2D eigenvalue weighted by atomic mass is 9.92. The normalized spacial score (nSPS) is 24.1. The molecule has 0 bridgehead atoms. The Balaban J connectivity index is 2.66. The van der Waals surface area contributed by atoms with Crippen LogP contribution in [0.5, 0.6) is 5.75 Å². The fraction of sp³-hybridized carbons (Fsp3) is 0.585. The Labute approximate surface area is 379 Å². The number of thioether (sulfide) groups is 1. The molecular formula is C41H61N9O14S. The van der Waals surface area contributed by atoms with Crippen molar-refractivity contribution in [3.63, 3.8) is 0 Å². The first kappa shape index (κ1) is 54.7. The van der Waals surface area contributed by atoms with Crippen LogP contribution in [-0.2, 0) is 59.2 Å². The average Bonchev–Trinajstić information content (AvgIpc) is 3.21. The van der Waals surface area contributed by atoms with E-state index in [0.29, 0.717) is 5.56 Å². The van der Waals surface area contributed by atoms with E-state index in [0.717, 1.165) is 11.8 Å². The number of phenols is 1. The van der Waals surface area contributed by atoms with Gasteiger partial charge >= 0.3 is 11.9 Å². The van der Waals surface area contributed by atoms with Gasteiger partial charge in [0.05, 0.1) is 12.2 Å². The number of aliphatic carboxylic acids is 2. The summed E-state index contributed by atoms with van der Waals surface area (Å²) in [7, 11) is 0. The van der Waals surface area contributed by atoms with Crippen molar-refractivity contribution in [3.05, 3.63) is 29.8 Å². The highest BCUT2D eigenvalue weighted by Gasteiger charge is 2.40. The van der Waals surface area contributed by atoms with Gasteiger partial charge in [0.15, 0.2) is 0 Å². The fourth-order valence-corrected chi connectivity index (χ4v) is 7.31. The third-order valence-electron chi connectivity index (χ3n) is 9.98. The Morgan fingerprint density at radius 2 is 1.40 bits per heavy atom. The van der Waals surface area contributed by atoms with Crippen LogP contribution in [0.1, 0.15) is 90.5 Å². The smallest absolute Gasteiger partial charge is 0.303 e. The topological polar surface area (TPSA) is 385 Å². The second-order valence-corrected chi connectivity index (χ2v) is 17.3.